The number of piperidine rings is 1. The number of aromatic nitrogens is 2. The Balaban J connectivity index is 1.53. The number of H-pyrrole nitrogens is 1. The van der Waals surface area contributed by atoms with Crippen LogP contribution in [0, 0.1) is 18.2 Å². The summed E-state index contributed by atoms with van der Waals surface area (Å²) in [5.74, 6) is -3.65. The number of carbonyl (C=O) groups is 1. The number of aryl methyl sites for hydroxylation is 1. The lowest BCUT2D eigenvalue weighted by atomic mass is 9.59. The van der Waals surface area contributed by atoms with Gasteiger partial charge in [0.05, 0.1) is 7.11 Å². The van der Waals surface area contributed by atoms with Gasteiger partial charge in [0.1, 0.15) is 5.75 Å². The number of nitrogens with one attached hydrogen (secondary N) is 1. The van der Waals surface area contributed by atoms with Gasteiger partial charge in [-0.15, -0.1) is 0 Å². The zero-order chi connectivity index (χ0) is 24.3. The number of hydrogen-bond acceptors (Lipinski definition) is 4. The summed E-state index contributed by atoms with van der Waals surface area (Å²) in [6, 6.07) is 4.90. The van der Waals surface area contributed by atoms with Gasteiger partial charge in [0.15, 0.2) is 11.5 Å². The van der Waals surface area contributed by atoms with Crippen LogP contribution in [0.2, 0.25) is 0 Å². The summed E-state index contributed by atoms with van der Waals surface area (Å²) in [6.45, 7) is 3.07. The number of benzene rings is 1. The van der Waals surface area contributed by atoms with E-state index in [0.29, 0.717) is 31.5 Å². The Morgan fingerprint density at radius 2 is 2.12 bits per heavy atom. The Labute approximate surface area is 195 Å². The molecule has 1 aromatic carbocycles. The third kappa shape index (κ3) is 3.81. The van der Waals surface area contributed by atoms with Gasteiger partial charge in [-0.25, -0.2) is 18.2 Å². The van der Waals surface area contributed by atoms with Gasteiger partial charge in [0, 0.05) is 54.3 Å². The van der Waals surface area contributed by atoms with Gasteiger partial charge in [0.25, 0.3) is 5.91 Å². The Morgan fingerprint density at radius 1 is 1.35 bits per heavy atom. The average Bonchev–Trinajstić information content (AvgIpc) is 3.25. The molecule has 2 aromatic heterocycles. The quantitative estimate of drug-likeness (QED) is 0.555. The second-order valence-corrected chi connectivity index (χ2v) is 9.75. The number of ether oxygens (including phenoxy) is 1. The molecule has 1 aliphatic heterocycles. The van der Waals surface area contributed by atoms with Crippen molar-refractivity contribution >= 4 is 16.8 Å². The Kier molecular flexibility index (Phi) is 5.35. The number of halogens is 3. The minimum absolute atomic E-state index is 0.157. The minimum Gasteiger partial charge on any atom is -0.496 e. The van der Waals surface area contributed by atoms with Gasteiger partial charge in [-0.3, -0.25) is 9.69 Å². The van der Waals surface area contributed by atoms with E-state index < -0.39 is 28.8 Å². The van der Waals surface area contributed by atoms with Crippen LogP contribution in [0.1, 0.15) is 58.9 Å². The molecular weight excluding hydrogens is 445 g/mol. The van der Waals surface area contributed by atoms with Crippen LogP contribution in [0.5, 0.6) is 5.75 Å². The third-order valence-corrected chi connectivity index (χ3v) is 7.44. The van der Waals surface area contributed by atoms with Crippen LogP contribution >= 0.6 is 0 Å². The van der Waals surface area contributed by atoms with Crippen molar-refractivity contribution in [2.45, 2.75) is 51.1 Å². The minimum atomic E-state index is -2.65. The van der Waals surface area contributed by atoms with Gasteiger partial charge in [-0.1, -0.05) is 0 Å². The van der Waals surface area contributed by atoms with Crippen LogP contribution < -0.4 is 10.5 Å². The number of carbonyl (C=O) groups excluding carboxylic acids is 1. The van der Waals surface area contributed by atoms with Crippen LogP contribution in [0.4, 0.5) is 13.2 Å². The summed E-state index contributed by atoms with van der Waals surface area (Å²) in [5, 5.41) is 1.03. The molecule has 3 N–H and O–H groups in total. The topological polar surface area (TPSA) is 84.2 Å². The molecule has 1 saturated heterocycles. The fraction of sp³-hybridized carbons (Fsp3) is 0.440. The molecule has 180 valence electrons. The third-order valence-electron chi connectivity index (χ3n) is 7.44. The molecule has 34 heavy (non-hydrogen) atoms. The number of methoxy groups -OCH3 is 1. The maximum Gasteiger partial charge on any atom is 0.270 e. The van der Waals surface area contributed by atoms with E-state index in [4.69, 9.17) is 10.5 Å². The van der Waals surface area contributed by atoms with E-state index in [2.05, 4.69) is 14.9 Å². The maximum absolute atomic E-state index is 14.6. The first-order valence-corrected chi connectivity index (χ1v) is 11.3. The van der Waals surface area contributed by atoms with E-state index in [9.17, 15) is 18.0 Å². The zero-order valence-electron chi connectivity index (χ0n) is 19.1. The van der Waals surface area contributed by atoms with E-state index in [0.717, 1.165) is 27.8 Å². The molecule has 2 fully saturated rings. The Morgan fingerprint density at radius 3 is 2.76 bits per heavy atom. The number of primary amides is 1. The summed E-state index contributed by atoms with van der Waals surface area (Å²) < 4.78 is 48.0. The predicted molar refractivity (Wildman–Crippen MR) is 121 cm³/mol. The number of hydrogen-bond donors (Lipinski definition) is 2. The molecule has 1 atom stereocenters. The molecule has 3 aromatic rings. The highest BCUT2D eigenvalue weighted by atomic mass is 19.3. The lowest BCUT2D eigenvalue weighted by Crippen LogP contribution is -2.53. The first-order chi connectivity index (χ1) is 16.1. The van der Waals surface area contributed by atoms with Crippen molar-refractivity contribution < 1.29 is 22.7 Å². The summed E-state index contributed by atoms with van der Waals surface area (Å²) in [4.78, 5) is 20.8. The van der Waals surface area contributed by atoms with E-state index in [1.165, 1.54) is 12.3 Å². The average molecular weight is 473 g/mol. The number of likely N-dealkylation sites (tertiary alicyclic amines) is 1. The number of pyridine rings is 1. The molecule has 2 aliphatic rings. The monoisotopic (exact) mass is 472 g/mol. The lowest BCUT2D eigenvalue weighted by molar-refractivity contribution is -0.186. The number of rotatable bonds is 5. The van der Waals surface area contributed by atoms with Crippen LogP contribution in [0.25, 0.3) is 10.9 Å². The summed E-state index contributed by atoms with van der Waals surface area (Å²) in [5.41, 5.74) is 7.90. The van der Waals surface area contributed by atoms with Gasteiger partial charge in [0.2, 0.25) is 5.92 Å². The van der Waals surface area contributed by atoms with Crippen LogP contribution in [-0.4, -0.2) is 40.4 Å². The van der Waals surface area contributed by atoms with Crippen LogP contribution in [-0.2, 0) is 6.54 Å². The van der Waals surface area contributed by atoms with Crippen molar-refractivity contribution in [1.82, 2.24) is 14.9 Å². The second-order valence-electron chi connectivity index (χ2n) is 9.75. The van der Waals surface area contributed by atoms with Crippen molar-refractivity contribution in [3.05, 3.63) is 58.8 Å². The molecule has 9 heteroatoms. The molecule has 0 bridgehead atoms. The lowest BCUT2D eigenvalue weighted by Gasteiger charge is -2.54. The number of nitrogens with two attached hydrogens (primary N) is 1. The van der Waals surface area contributed by atoms with Crippen molar-refractivity contribution in [1.29, 1.82) is 0 Å². The highest BCUT2D eigenvalue weighted by Crippen LogP contribution is 2.60. The Bertz CT molecular complexity index is 1260. The van der Waals surface area contributed by atoms with Crippen LogP contribution in [0.3, 0.4) is 0 Å². The van der Waals surface area contributed by atoms with Crippen molar-refractivity contribution in [3.63, 3.8) is 0 Å². The highest BCUT2D eigenvalue weighted by molar-refractivity contribution is 5.91. The fourth-order valence-electron chi connectivity index (χ4n) is 5.86. The number of nitrogens with zero attached hydrogens (tertiary/aromatic N) is 2. The van der Waals surface area contributed by atoms with E-state index in [1.807, 2.05) is 25.3 Å². The number of fused-ring (bicyclic) bond motifs is 1. The SMILES string of the molecule is COc1cc(C)c2[nH]ccc2c1CN1CCC2(C[C@H]1c1cnc(C(N)=O)c(F)c1)CC(F)(F)C2. The maximum atomic E-state index is 14.6. The molecular formula is C25H27F3N4O2. The molecule has 1 amide bonds. The zero-order valence-corrected chi connectivity index (χ0v) is 19.1. The first-order valence-electron chi connectivity index (χ1n) is 11.3. The highest BCUT2D eigenvalue weighted by Gasteiger charge is 2.58. The molecule has 1 saturated carbocycles. The fourth-order valence-corrected chi connectivity index (χ4v) is 5.86. The van der Waals surface area contributed by atoms with Crippen molar-refractivity contribution in [2.24, 2.45) is 11.1 Å². The van der Waals surface area contributed by atoms with Crippen LogP contribution in [0.15, 0.2) is 30.6 Å². The second kappa shape index (κ2) is 8.01. The van der Waals surface area contributed by atoms with Gasteiger partial charge >= 0.3 is 0 Å². The standard InChI is InChI=1S/C25H27F3N4O2/c1-14-7-20(34-2)17(16-3-5-30-21(14)16)11-32-6-4-24(12-25(27,28)13-24)9-19(32)15-8-18(26)22(23(29)33)31-10-15/h3,5,7-8,10,19,30H,4,6,9,11-13H2,1-2H3,(H2,29,33)/t19-/m0/s1. The molecule has 1 aliphatic carbocycles. The molecule has 5 rings (SSSR count). The molecule has 0 unspecified atom stereocenters. The number of alkyl halides is 2. The van der Waals surface area contributed by atoms with Crippen molar-refractivity contribution in [2.75, 3.05) is 13.7 Å². The normalized spacial score (nSPS) is 21.5. The Hall–Kier alpha value is -3.07. The molecule has 6 nitrogen and oxygen atoms in total. The smallest absolute Gasteiger partial charge is 0.270 e. The van der Waals surface area contributed by atoms with E-state index >= 15 is 0 Å². The first kappa shape index (κ1) is 22.7. The molecule has 3 heterocycles. The van der Waals surface area contributed by atoms with E-state index in [-0.39, 0.29) is 18.9 Å². The number of amides is 1. The predicted octanol–water partition coefficient (Wildman–Crippen LogP) is 4.87. The largest absolute Gasteiger partial charge is 0.496 e. The van der Waals surface area contributed by atoms with Gasteiger partial charge < -0.3 is 15.5 Å². The molecule has 1 spiro atoms. The van der Waals surface area contributed by atoms with Crippen molar-refractivity contribution in [3.8, 4) is 5.75 Å². The van der Waals surface area contributed by atoms with E-state index in [1.54, 1.807) is 7.11 Å². The summed E-state index contributed by atoms with van der Waals surface area (Å²) in [7, 11) is 1.62. The summed E-state index contributed by atoms with van der Waals surface area (Å²) in [6.07, 6.45) is 4.10. The van der Waals surface area contributed by atoms with Gasteiger partial charge in [-0.2, -0.15) is 0 Å². The van der Waals surface area contributed by atoms with Gasteiger partial charge in [-0.05, 0) is 61.1 Å². The number of aromatic amines is 1. The summed E-state index contributed by atoms with van der Waals surface area (Å²) >= 11 is 0. The molecule has 0 radical (unpaired) electrons.